The molecule has 0 spiro atoms. The van der Waals surface area contributed by atoms with Crippen molar-refractivity contribution in [3.05, 3.63) is 126 Å². The highest BCUT2D eigenvalue weighted by Gasteiger charge is 2.49. The van der Waals surface area contributed by atoms with Crippen molar-refractivity contribution in [3.63, 3.8) is 0 Å². The molecule has 5 rings (SSSR count). The standard InChI is InChI=1S/C26H22Si/c1-2-27(22-12-4-3-5-13-22,25-18-16-20-10-6-8-14-23(20)25)26-19-17-21-11-7-9-15-24(21)26/h2-19,25-26H,1H2. The monoisotopic (exact) mass is 362 g/mol. The summed E-state index contributed by atoms with van der Waals surface area (Å²) in [5, 5.41) is 1.46. The Hall–Kier alpha value is -2.90. The van der Waals surface area contributed by atoms with Gasteiger partial charge < -0.3 is 0 Å². The van der Waals surface area contributed by atoms with Gasteiger partial charge in [-0.15, -0.1) is 6.58 Å². The fraction of sp³-hybridized carbons (Fsp3) is 0.0769. The number of benzene rings is 3. The molecule has 3 aromatic rings. The molecule has 1 heteroatoms. The molecule has 0 nitrogen and oxygen atoms in total. The zero-order chi connectivity index (χ0) is 18.3. The van der Waals surface area contributed by atoms with Crippen LogP contribution in [0.4, 0.5) is 0 Å². The van der Waals surface area contributed by atoms with E-state index in [-0.39, 0.29) is 0 Å². The molecule has 27 heavy (non-hydrogen) atoms. The highest BCUT2D eigenvalue weighted by atomic mass is 28.3. The van der Waals surface area contributed by atoms with Crippen molar-refractivity contribution in [1.29, 1.82) is 0 Å². The van der Waals surface area contributed by atoms with Gasteiger partial charge in [-0.1, -0.05) is 114 Å². The van der Waals surface area contributed by atoms with Gasteiger partial charge in [-0.3, -0.25) is 0 Å². The predicted molar refractivity (Wildman–Crippen MR) is 118 cm³/mol. The van der Waals surface area contributed by atoms with Crippen LogP contribution < -0.4 is 5.19 Å². The molecule has 0 heterocycles. The van der Waals surface area contributed by atoms with Crippen LogP contribution in [0.15, 0.2) is 103 Å². The fourth-order valence-corrected chi connectivity index (χ4v) is 9.99. The van der Waals surface area contributed by atoms with Crippen molar-refractivity contribution < 1.29 is 0 Å². The van der Waals surface area contributed by atoms with Gasteiger partial charge in [0.25, 0.3) is 0 Å². The summed E-state index contributed by atoms with van der Waals surface area (Å²) in [5.41, 5.74) is 8.73. The molecule has 0 aliphatic heterocycles. The molecule has 2 atom stereocenters. The molecule has 0 saturated heterocycles. The number of hydrogen-bond acceptors (Lipinski definition) is 0. The summed E-state index contributed by atoms with van der Waals surface area (Å²) in [5.74, 6) is 0. The highest BCUT2D eigenvalue weighted by molar-refractivity contribution is 6.98. The lowest BCUT2D eigenvalue weighted by Gasteiger charge is -2.40. The van der Waals surface area contributed by atoms with Gasteiger partial charge in [-0.2, -0.15) is 0 Å². The molecule has 0 bridgehead atoms. The zero-order valence-electron chi connectivity index (χ0n) is 15.3. The lowest BCUT2D eigenvalue weighted by molar-refractivity contribution is 1.07. The molecular formula is C26H22Si. The van der Waals surface area contributed by atoms with E-state index in [9.17, 15) is 0 Å². The SMILES string of the molecule is C=C[Si](c1ccccc1)(C1C=Cc2ccccc21)C1C=Cc2ccccc21. The summed E-state index contributed by atoms with van der Waals surface area (Å²) in [6.45, 7) is 4.44. The third kappa shape index (κ3) is 2.35. The fourth-order valence-electron chi connectivity index (χ4n) is 4.98. The van der Waals surface area contributed by atoms with Crippen molar-refractivity contribution in [2.75, 3.05) is 0 Å². The van der Waals surface area contributed by atoms with E-state index in [0.717, 1.165) is 0 Å². The van der Waals surface area contributed by atoms with E-state index in [4.69, 9.17) is 0 Å². The van der Waals surface area contributed by atoms with Crippen molar-refractivity contribution in [3.8, 4) is 0 Å². The Morgan fingerprint density at radius 3 is 1.63 bits per heavy atom. The van der Waals surface area contributed by atoms with Crippen molar-refractivity contribution >= 4 is 25.4 Å². The molecule has 0 aromatic heterocycles. The second-order valence-electron chi connectivity index (χ2n) is 7.43. The minimum Gasteiger partial charge on any atom is -0.107 e. The minimum absolute atomic E-state index is 0.398. The second kappa shape index (κ2) is 6.36. The van der Waals surface area contributed by atoms with Gasteiger partial charge in [-0.25, -0.2) is 0 Å². The molecule has 2 aliphatic rings. The topological polar surface area (TPSA) is 0 Å². The third-order valence-corrected chi connectivity index (χ3v) is 11.3. The second-order valence-corrected chi connectivity index (χ2v) is 11.5. The van der Waals surface area contributed by atoms with E-state index >= 15 is 0 Å². The van der Waals surface area contributed by atoms with Gasteiger partial charge in [0, 0.05) is 11.1 Å². The van der Waals surface area contributed by atoms with Crippen molar-refractivity contribution in [2.45, 2.75) is 11.1 Å². The Morgan fingerprint density at radius 2 is 1.11 bits per heavy atom. The van der Waals surface area contributed by atoms with E-state index in [0.29, 0.717) is 11.1 Å². The molecule has 2 aliphatic carbocycles. The van der Waals surface area contributed by atoms with E-state index in [1.807, 2.05) is 0 Å². The summed E-state index contributed by atoms with van der Waals surface area (Å²) in [4.78, 5) is 0. The van der Waals surface area contributed by atoms with Crippen molar-refractivity contribution in [2.24, 2.45) is 0 Å². The molecular weight excluding hydrogens is 340 g/mol. The lowest BCUT2D eigenvalue weighted by atomic mass is 10.1. The van der Waals surface area contributed by atoms with Gasteiger partial charge in [0.05, 0.1) is 0 Å². The Balaban J connectivity index is 1.77. The first-order valence-corrected chi connectivity index (χ1v) is 11.8. The van der Waals surface area contributed by atoms with E-state index in [1.54, 1.807) is 0 Å². The molecule has 0 radical (unpaired) electrons. The molecule has 3 aromatic carbocycles. The Labute approximate surface area is 162 Å². The van der Waals surface area contributed by atoms with Crippen LogP contribution in [0.1, 0.15) is 33.3 Å². The van der Waals surface area contributed by atoms with E-state index in [2.05, 4.69) is 115 Å². The number of allylic oxidation sites excluding steroid dienone is 2. The van der Waals surface area contributed by atoms with E-state index in [1.165, 1.54) is 27.4 Å². The molecule has 0 N–H and O–H groups in total. The summed E-state index contributed by atoms with van der Waals surface area (Å²) >= 11 is 0. The molecule has 0 amide bonds. The Morgan fingerprint density at radius 1 is 0.630 bits per heavy atom. The Kier molecular flexibility index (Phi) is 3.84. The Bertz CT molecular complexity index is 997. The maximum atomic E-state index is 4.44. The summed E-state index contributed by atoms with van der Waals surface area (Å²) in [7, 11) is -2.19. The summed E-state index contributed by atoms with van der Waals surface area (Å²) in [6.07, 6.45) is 9.47. The first-order valence-electron chi connectivity index (χ1n) is 9.58. The molecule has 2 unspecified atom stereocenters. The number of hydrogen-bond donors (Lipinski definition) is 0. The maximum Gasteiger partial charge on any atom is 0.131 e. The van der Waals surface area contributed by atoms with Gasteiger partial charge in [-0.05, 0) is 22.3 Å². The van der Waals surface area contributed by atoms with Gasteiger partial charge >= 0.3 is 0 Å². The normalized spacial score (nSPS) is 21.5. The van der Waals surface area contributed by atoms with Crippen molar-refractivity contribution in [1.82, 2.24) is 0 Å². The summed E-state index contributed by atoms with van der Waals surface area (Å²) < 4.78 is 0. The van der Waals surface area contributed by atoms with Gasteiger partial charge in [0.15, 0.2) is 0 Å². The first kappa shape index (κ1) is 16.3. The lowest BCUT2D eigenvalue weighted by Crippen LogP contribution is -2.55. The smallest absolute Gasteiger partial charge is 0.107 e. The van der Waals surface area contributed by atoms with Crippen LogP contribution in [0.2, 0.25) is 0 Å². The number of fused-ring (bicyclic) bond motifs is 2. The van der Waals surface area contributed by atoms with Crippen LogP contribution in [0.3, 0.4) is 0 Å². The predicted octanol–water partition coefficient (Wildman–Crippen LogP) is 5.77. The molecule has 0 fully saturated rings. The average Bonchev–Trinajstić information content (AvgIpc) is 3.36. The third-order valence-electron chi connectivity index (χ3n) is 6.24. The van der Waals surface area contributed by atoms with Gasteiger partial charge in [0.2, 0.25) is 0 Å². The maximum absolute atomic E-state index is 4.44. The zero-order valence-corrected chi connectivity index (χ0v) is 16.3. The van der Waals surface area contributed by atoms with Crippen LogP contribution in [0.5, 0.6) is 0 Å². The van der Waals surface area contributed by atoms with Crippen LogP contribution in [0, 0.1) is 0 Å². The average molecular weight is 363 g/mol. The molecule has 130 valence electrons. The highest BCUT2D eigenvalue weighted by Crippen LogP contribution is 2.47. The van der Waals surface area contributed by atoms with Crippen LogP contribution in [0.25, 0.3) is 12.2 Å². The largest absolute Gasteiger partial charge is 0.131 e. The van der Waals surface area contributed by atoms with Crippen LogP contribution in [-0.2, 0) is 0 Å². The number of rotatable bonds is 4. The first-order chi connectivity index (χ1) is 13.3. The van der Waals surface area contributed by atoms with E-state index < -0.39 is 8.07 Å². The summed E-state index contributed by atoms with van der Waals surface area (Å²) in [6, 6.07) is 28.8. The molecule has 0 saturated carbocycles. The van der Waals surface area contributed by atoms with Crippen LogP contribution in [-0.4, -0.2) is 8.07 Å². The van der Waals surface area contributed by atoms with Crippen LogP contribution >= 0.6 is 0 Å². The van der Waals surface area contributed by atoms with Gasteiger partial charge in [0.1, 0.15) is 8.07 Å². The quantitative estimate of drug-likeness (QED) is 0.517. The minimum atomic E-state index is -2.19.